The minimum Gasteiger partial charge on any atom is -0.465 e. The van der Waals surface area contributed by atoms with Crippen molar-refractivity contribution in [2.45, 2.75) is 44.2 Å². The van der Waals surface area contributed by atoms with Gasteiger partial charge in [0.1, 0.15) is 5.54 Å². The van der Waals surface area contributed by atoms with Crippen LogP contribution in [0.5, 0.6) is 0 Å². The fourth-order valence-corrected chi connectivity index (χ4v) is 3.35. The third kappa shape index (κ3) is 1.97. The van der Waals surface area contributed by atoms with Crippen LogP contribution in [0.3, 0.4) is 0 Å². The Kier molecular flexibility index (Phi) is 2.87. The summed E-state index contributed by atoms with van der Waals surface area (Å²) in [6.45, 7) is 5.64. The molecule has 0 amide bonds. The summed E-state index contributed by atoms with van der Waals surface area (Å²) < 4.78 is 5.34. The van der Waals surface area contributed by atoms with Crippen molar-refractivity contribution in [3.63, 3.8) is 0 Å². The fraction of sp³-hybridized carbons (Fsp3) is 0.923. The highest BCUT2D eigenvalue weighted by atomic mass is 16.5. The molecule has 0 aromatic carbocycles. The molecule has 4 nitrogen and oxygen atoms in total. The summed E-state index contributed by atoms with van der Waals surface area (Å²) in [4.78, 5) is 14.8. The third-order valence-corrected chi connectivity index (χ3v) is 4.47. The van der Waals surface area contributed by atoms with Gasteiger partial charge in [-0.3, -0.25) is 10.1 Å². The molecule has 2 bridgehead atoms. The van der Waals surface area contributed by atoms with Crippen molar-refractivity contribution in [1.82, 2.24) is 10.2 Å². The molecule has 3 unspecified atom stereocenters. The summed E-state index contributed by atoms with van der Waals surface area (Å²) in [5, 5.41) is 3.62. The van der Waals surface area contributed by atoms with Gasteiger partial charge in [0.15, 0.2) is 0 Å². The monoisotopic (exact) mass is 238 g/mol. The van der Waals surface area contributed by atoms with Crippen LogP contribution in [0.25, 0.3) is 0 Å². The standard InChI is InChI=1S/C13H22N2O2/c1-2-17-12(16)13(14-11-3-4-11)6-8-15-7-5-10(13)9-15/h10-11,14H,2-9H2,1H3. The second kappa shape index (κ2) is 4.25. The molecule has 3 rings (SSSR count). The van der Waals surface area contributed by atoms with E-state index in [9.17, 15) is 4.79 Å². The first-order valence-corrected chi connectivity index (χ1v) is 6.92. The van der Waals surface area contributed by atoms with E-state index >= 15 is 0 Å². The van der Waals surface area contributed by atoms with Gasteiger partial charge in [0.2, 0.25) is 0 Å². The minimum absolute atomic E-state index is 0.00144. The SMILES string of the molecule is CCOC(=O)C1(NC2CC2)CCN2CCC1C2. The lowest BCUT2D eigenvalue weighted by atomic mass is 9.78. The summed E-state index contributed by atoms with van der Waals surface area (Å²) in [5.41, 5.74) is -0.371. The van der Waals surface area contributed by atoms with E-state index in [2.05, 4.69) is 10.2 Å². The molecule has 3 atom stereocenters. The maximum Gasteiger partial charge on any atom is 0.326 e. The summed E-state index contributed by atoms with van der Waals surface area (Å²) in [5.74, 6) is 0.453. The van der Waals surface area contributed by atoms with Crippen LogP contribution in [0.15, 0.2) is 0 Å². The number of carbonyl (C=O) groups excluding carboxylic acids is 1. The van der Waals surface area contributed by atoms with E-state index in [1.54, 1.807) is 0 Å². The molecule has 4 heteroatoms. The van der Waals surface area contributed by atoms with Crippen molar-refractivity contribution in [2.75, 3.05) is 26.2 Å². The number of nitrogens with zero attached hydrogens (tertiary/aromatic N) is 1. The molecule has 2 aliphatic heterocycles. The van der Waals surface area contributed by atoms with E-state index < -0.39 is 0 Å². The predicted octanol–water partition coefficient (Wildman–Crippen LogP) is 0.766. The zero-order valence-corrected chi connectivity index (χ0v) is 10.6. The Balaban J connectivity index is 1.81. The van der Waals surface area contributed by atoms with Crippen LogP contribution in [0.1, 0.15) is 32.6 Å². The lowest BCUT2D eigenvalue weighted by Crippen LogP contribution is -2.62. The molecular formula is C13H22N2O2. The topological polar surface area (TPSA) is 41.6 Å². The van der Waals surface area contributed by atoms with E-state index in [-0.39, 0.29) is 11.5 Å². The molecule has 3 aliphatic rings. The van der Waals surface area contributed by atoms with Gasteiger partial charge < -0.3 is 9.64 Å². The summed E-state index contributed by atoms with van der Waals surface area (Å²) in [6, 6.07) is 0.562. The van der Waals surface area contributed by atoms with Gasteiger partial charge in [-0.1, -0.05) is 0 Å². The average molecular weight is 238 g/mol. The highest BCUT2D eigenvalue weighted by Crippen LogP contribution is 2.39. The summed E-state index contributed by atoms with van der Waals surface area (Å²) in [6.07, 6.45) is 4.50. The Labute approximate surface area is 103 Å². The molecule has 2 saturated heterocycles. The molecule has 1 aliphatic carbocycles. The Hall–Kier alpha value is -0.610. The number of hydrogen-bond acceptors (Lipinski definition) is 4. The van der Waals surface area contributed by atoms with Gasteiger partial charge in [0.05, 0.1) is 6.61 Å². The largest absolute Gasteiger partial charge is 0.465 e. The van der Waals surface area contributed by atoms with Gasteiger partial charge in [0, 0.05) is 25.0 Å². The molecule has 0 aromatic rings. The first-order chi connectivity index (χ1) is 8.24. The maximum atomic E-state index is 12.4. The Morgan fingerprint density at radius 3 is 2.94 bits per heavy atom. The number of hydrogen-bond donors (Lipinski definition) is 1. The predicted molar refractivity (Wildman–Crippen MR) is 64.7 cm³/mol. The number of esters is 1. The van der Waals surface area contributed by atoms with Crippen molar-refractivity contribution in [3.8, 4) is 0 Å². The molecular weight excluding hydrogens is 216 g/mol. The summed E-state index contributed by atoms with van der Waals surface area (Å²) in [7, 11) is 0. The van der Waals surface area contributed by atoms with E-state index in [1.807, 2.05) is 6.92 Å². The molecule has 1 N–H and O–H groups in total. The number of fused-ring (bicyclic) bond motifs is 2. The van der Waals surface area contributed by atoms with E-state index in [4.69, 9.17) is 4.74 Å². The van der Waals surface area contributed by atoms with Gasteiger partial charge in [-0.2, -0.15) is 0 Å². The number of carbonyl (C=O) groups is 1. The van der Waals surface area contributed by atoms with Crippen molar-refractivity contribution in [1.29, 1.82) is 0 Å². The second-order valence-corrected chi connectivity index (χ2v) is 5.65. The highest BCUT2D eigenvalue weighted by molar-refractivity contribution is 5.82. The fourth-order valence-electron chi connectivity index (χ4n) is 3.35. The number of ether oxygens (including phenoxy) is 1. The Morgan fingerprint density at radius 2 is 2.24 bits per heavy atom. The second-order valence-electron chi connectivity index (χ2n) is 5.65. The van der Waals surface area contributed by atoms with Gasteiger partial charge in [0.25, 0.3) is 0 Å². The van der Waals surface area contributed by atoms with Crippen molar-refractivity contribution in [3.05, 3.63) is 0 Å². The van der Waals surface area contributed by atoms with Gasteiger partial charge in [-0.05, 0) is 39.2 Å². The molecule has 0 aromatic heterocycles. The van der Waals surface area contributed by atoms with Gasteiger partial charge >= 0.3 is 5.97 Å². The number of piperidine rings is 1. The molecule has 1 saturated carbocycles. The lowest BCUT2D eigenvalue weighted by molar-refractivity contribution is -0.155. The normalized spacial score (nSPS) is 40.3. The van der Waals surface area contributed by atoms with E-state index in [1.165, 1.54) is 12.8 Å². The van der Waals surface area contributed by atoms with Crippen molar-refractivity contribution < 1.29 is 9.53 Å². The van der Waals surface area contributed by atoms with Crippen LogP contribution in [-0.4, -0.2) is 48.7 Å². The van der Waals surface area contributed by atoms with Crippen LogP contribution in [-0.2, 0) is 9.53 Å². The van der Waals surface area contributed by atoms with Gasteiger partial charge in [-0.25, -0.2) is 0 Å². The van der Waals surface area contributed by atoms with Gasteiger partial charge in [-0.15, -0.1) is 0 Å². The molecule has 17 heavy (non-hydrogen) atoms. The van der Waals surface area contributed by atoms with Crippen LogP contribution < -0.4 is 5.32 Å². The first-order valence-electron chi connectivity index (χ1n) is 6.92. The summed E-state index contributed by atoms with van der Waals surface area (Å²) >= 11 is 0. The van der Waals surface area contributed by atoms with Crippen molar-refractivity contribution in [2.24, 2.45) is 5.92 Å². The van der Waals surface area contributed by atoms with Crippen LogP contribution in [0.4, 0.5) is 0 Å². The molecule has 0 radical (unpaired) electrons. The zero-order chi connectivity index (χ0) is 11.9. The number of rotatable bonds is 4. The maximum absolute atomic E-state index is 12.4. The van der Waals surface area contributed by atoms with Crippen molar-refractivity contribution >= 4 is 5.97 Å². The van der Waals surface area contributed by atoms with E-state index in [0.29, 0.717) is 18.6 Å². The average Bonchev–Trinajstić information content (AvgIpc) is 3.04. The van der Waals surface area contributed by atoms with Crippen LogP contribution in [0.2, 0.25) is 0 Å². The molecule has 0 spiro atoms. The smallest absolute Gasteiger partial charge is 0.326 e. The first kappa shape index (κ1) is 11.5. The molecule has 2 heterocycles. The quantitative estimate of drug-likeness (QED) is 0.734. The zero-order valence-electron chi connectivity index (χ0n) is 10.6. The van der Waals surface area contributed by atoms with Crippen LogP contribution in [0, 0.1) is 5.92 Å². The molecule has 96 valence electrons. The number of nitrogens with one attached hydrogen (secondary N) is 1. The van der Waals surface area contributed by atoms with Crippen LogP contribution >= 0.6 is 0 Å². The minimum atomic E-state index is -0.371. The lowest BCUT2D eigenvalue weighted by Gasteiger charge is -2.41. The Morgan fingerprint density at radius 1 is 1.41 bits per heavy atom. The Bertz CT molecular complexity index is 317. The van der Waals surface area contributed by atoms with E-state index in [0.717, 1.165) is 32.5 Å². The highest BCUT2D eigenvalue weighted by Gasteiger charge is 2.53. The molecule has 3 fully saturated rings. The third-order valence-electron chi connectivity index (χ3n) is 4.47.